The fraction of sp³-hybridized carbons (Fsp3) is 0.412. The van der Waals surface area contributed by atoms with Crippen LogP contribution >= 0.6 is 0 Å². The third-order valence-electron chi connectivity index (χ3n) is 4.39. The van der Waals surface area contributed by atoms with Crippen LogP contribution in [-0.4, -0.2) is 84.8 Å². The number of aromatic amines is 1. The fourth-order valence-corrected chi connectivity index (χ4v) is 2.79. The van der Waals surface area contributed by atoms with Gasteiger partial charge < -0.3 is 30.5 Å². The number of H-pyrrole nitrogens is 1. The number of carboxylic acids is 1. The van der Waals surface area contributed by atoms with Crippen molar-refractivity contribution in [1.29, 1.82) is 0 Å². The van der Waals surface area contributed by atoms with Crippen molar-refractivity contribution in [2.45, 2.75) is 30.8 Å². The maximum Gasteiger partial charge on any atom is 0.328 e. The van der Waals surface area contributed by atoms with Crippen molar-refractivity contribution < 1.29 is 35.1 Å². The van der Waals surface area contributed by atoms with Gasteiger partial charge in [0.1, 0.15) is 24.9 Å². The summed E-state index contributed by atoms with van der Waals surface area (Å²) < 4.78 is 0. The Morgan fingerprint density at radius 1 is 1.18 bits per heavy atom. The van der Waals surface area contributed by atoms with Crippen LogP contribution in [0.4, 0.5) is 0 Å². The van der Waals surface area contributed by atoms with Gasteiger partial charge >= 0.3 is 5.97 Å². The number of benzene rings is 1. The van der Waals surface area contributed by atoms with E-state index in [-0.39, 0.29) is 6.42 Å². The van der Waals surface area contributed by atoms with Gasteiger partial charge in [-0.2, -0.15) is 0 Å². The van der Waals surface area contributed by atoms with Crippen molar-refractivity contribution >= 4 is 22.7 Å². The molecule has 0 radical (unpaired) electrons. The summed E-state index contributed by atoms with van der Waals surface area (Å²) in [6, 6.07) is 5.60. The molecule has 11 heteroatoms. The number of aromatic nitrogens is 1. The van der Waals surface area contributed by atoms with Gasteiger partial charge in [-0.05, 0) is 11.6 Å². The highest BCUT2D eigenvalue weighted by Gasteiger charge is 2.34. The van der Waals surface area contributed by atoms with Crippen LogP contribution in [0.3, 0.4) is 0 Å². The lowest BCUT2D eigenvalue weighted by atomic mass is 10.0. The molecule has 0 amide bonds. The van der Waals surface area contributed by atoms with Crippen LogP contribution in [0.5, 0.6) is 0 Å². The van der Waals surface area contributed by atoms with Crippen LogP contribution in [-0.2, 0) is 16.0 Å². The Morgan fingerprint density at radius 2 is 1.86 bits per heavy atom. The van der Waals surface area contributed by atoms with Gasteiger partial charge in [-0.15, -0.1) is 4.91 Å². The highest BCUT2D eigenvalue weighted by Crippen LogP contribution is 2.21. The molecule has 6 N–H and O–H groups in total. The van der Waals surface area contributed by atoms with Gasteiger partial charge in [0.05, 0.1) is 11.9 Å². The van der Waals surface area contributed by atoms with E-state index in [1.165, 1.54) is 0 Å². The number of nitrogens with zero attached hydrogens (tertiary/aromatic N) is 2. The average Bonchev–Trinajstić information content (AvgIpc) is 3.11. The third-order valence-corrected chi connectivity index (χ3v) is 4.39. The number of aliphatic hydroxyl groups is 4. The number of rotatable bonds is 11. The van der Waals surface area contributed by atoms with Gasteiger partial charge in [0, 0.05) is 23.5 Å². The molecule has 4 atom stereocenters. The molecule has 2 aromatic rings. The molecule has 11 nitrogen and oxygen atoms in total. The number of fused-ring (bicyclic) bond motifs is 1. The van der Waals surface area contributed by atoms with Gasteiger partial charge in [-0.25, -0.2) is 9.80 Å². The molecular formula is C17H21N3O8. The molecule has 0 saturated carbocycles. The smallest absolute Gasteiger partial charge is 0.328 e. The third kappa shape index (κ3) is 4.70. The summed E-state index contributed by atoms with van der Waals surface area (Å²) in [4.78, 5) is 37.9. The fourth-order valence-electron chi connectivity index (χ4n) is 2.79. The van der Waals surface area contributed by atoms with Crippen LogP contribution < -0.4 is 0 Å². The second kappa shape index (κ2) is 9.37. The van der Waals surface area contributed by atoms with Gasteiger partial charge in [0.15, 0.2) is 11.8 Å². The van der Waals surface area contributed by atoms with E-state index in [0.29, 0.717) is 10.6 Å². The zero-order valence-corrected chi connectivity index (χ0v) is 14.7. The maximum absolute atomic E-state index is 12.1. The molecule has 0 spiro atoms. The van der Waals surface area contributed by atoms with Crippen molar-refractivity contribution in [3.63, 3.8) is 0 Å². The maximum atomic E-state index is 12.1. The van der Waals surface area contributed by atoms with E-state index in [1.54, 1.807) is 30.5 Å². The summed E-state index contributed by atoms with van der Waals surface area (Å²) >= 11 is 0. The number of carbonyl (C=O) groups excluding carboxylic acids is 1. The van der Waals surface area contributed by atoms with Crippen LogP contribution in [0.1, 0.15) is 5.56 Å². The number of aliphatic carboxylic acids is 1. The van der Waals surface area contributed by atoms with E-state index in [1.807, 2.05) is 0 Å². The Hall–Kier alpha value is -2.86. The first-order chi connectivity index (χ1) is 13.3. The average molecular weight is 395 g/mol. The Balaban J connectivity index is 2.17. The molecule has 1 aromatic carbocycles. The summed E-state index contributed by atoms with van der Waals surface area (Å²) in [7, 11) is 0. The molecule has 0 aliphatic heterocycles. The lowest BCUT2D eigenvalue weighted by Crippen LogP contribution is -2.49. The second-order valence-corrected chi connectivity index (χ2v) is 6.25. The minimum atomic E-state index is -2.13. The van der Waals surface area contributed by atoms with Crippen molar-refractivity contribution in [3.05, 3.63) is 40.9 Å². The summed E-state index contributed by atoms with van der Waals surface area (Å²) in [6.45, 7) is -1.81. The second-order valence-electron chi connectivity index (χ2n) is 6.25. The SMILES string of the molecule is O=NN(CC(=O)[C@@H](O)[C@H](O)[C@H](O)CO)C(Cc1c[nH]c2ccccc12)C(=O)O. The molecule has 2 rings (SSSR count). The van der Waals surface area contributed by atoms with E-state index < -0.39 is 49.3 Å². The number of hydrogen-bond donors (Lipinski definition) is 6. The van der Waals surface area contributed by atoms with E-state index in [2.05, 4.69) is 10.3 Å². The number of hydrogen-bond acceptors (Lipinski definition) is 8. The van der Waals surface area contributed by atoms with E-state index in [0.717, 1.165) is 10.9 Å². The molecular weight excluding hydrogens is 374 g/mol. The topological polar surface area (TPSA) is 184 Å². The summed E-state index contributed by atoms with van der Waals surface area (Å²) in [5, 5.41) is 50.7. The van der Waals surface area contributed by atoms with Crippen LogP contribution in [0, 0.1) is 4.91 Å². The van der Waals surface area contributed by atoms with E-state index in [9.17, 15) is 34.9 Å². The van der Waals surface area contributed by atoms with Gasteiger partial charge in [-0.1, -0.05) is 18.2 Å². The molecule has 0 aliphatic rings. The first-order valence-corrected chi connectivity index (χ1v) is 8.35. The van der Waals surface area contributed by atoms with Gasteiger partial charge in [0.25, 0.3) is 0 Å². The number of carboxylic acid groups (broad SMARTS) is 1. The first kappa shape index (κ1) is 21.4. The van der Waals surface area contributed by atoms with Crippen LogP contribution in [0.2, 0.25) is 0 Å². The molecule has 1 heterocycles. The molecule has 28 heavy (non-hydrogen) atoms. The molecule has 0 fully saturated rings. The minimum absolute atomic E-state index is 0.156. The van der Waals surface area contributed by atoms with Crippen molar-refractivity contribution in [1.82, 2.24) is 9.99 Å². The first-order valence-electron chi connectivity index (χ1n) is 8.35. The number of nitroso groups, excluding NO2 is 1. The highest BCUT2D eigenvalue weighted by atomic mass is 16.4. The largest absolute Gasteiger partial charge is 0.480 e. The number of para-hydroxylation sites is 1. The predicted octanol–water partition coefficient (Wildman–Crippen LogP) is -1.21. The van der Waals surface area contributed by atoms with Crippen molar-refractivity contribution in [3.8, 4) is 0 Å². The number of aliphatic hydroxyl groups excluding tert-OH is 4. The van der Waals surface area contributed by atoms with Gasteiger partial charge in [0.2, 0.25) is 0 Å². The van der Waals surface area contributed by atoms with E-state index >= 15 is 0 Å². The standard InChI is InChI=1S/C17H21N3O8/c21-8-14(23)16(25)15(24)13(22)7-20(19-28)12(17(26)27)5-9-6-18-11-4-2-1-3-10(9)11/h1-4,6,12,14-16,18,21,23-25H,5,7-8H2,(H,26,27)/t12?,14-,15-,16-/m1/s1. The molecule has 0 bridgehead atoms. The normalized spacial score (nSPS) is 15.6. The summed E-state index contributed by atoms with van der Waals surface area (Å²) in [6.07, 6.45) is -4.48. The summed E-state index contributed by atoms with van der Waals surface area (Å²) in [5.74, 6) is -2.55. The number of nitrogens with one attached hydrogen (secondary N) is 1. The lowest BCUT2D eigenvalue weighted by molar-refractivity contribution is -0.147. The zero-order chi connectivity index (χ0) is 20.8. The zero-order valence-electron chi connectivity index (χ0n) is 14.7. The van der Waals surface area contributed by atoms with Crippen LogP contribution in [0.25, 0.3) is 10.9 Å². The number of ketones is 1. The summed E-state index contributed by atoms with van der Waals surface area (Å²) in [5.41, 5.74) is 1.35. The molecule has 0 aliphatic carbocycles. The Labute approximate surface area is 158 Å². The number of Topliss-reactive ketones (excluding diaryl/α,β-unsaturated/α-hetero) is 1. The minimum Gasteiger partial charge on any atom is -0.480 e. The molecule has 0 saturated heterocycles. The Kier molecular flexibility index (Phi) is 7.18. The number of carbonyl (C=O) groups is 2. The molecule has 152 valence electrons. The Morgan fingerprint density at radius 3 is 2.46 bits per heavy atom. The van der Waals surface area contributed by atoms with Crippen molar-refractivity contribution in [2.75, 3.05) is 13.2 Å². The monoisotopic (exact) mass is 395 g/mol. The Bertz CT molecular complexity index is 839. The van der Waals surface area contributed by atoms with E-state index in [4.69, 9.17) is 5.11 Å². The highest BCUT2D eigenvalue weighted by molar-refractivity contribution is 5.87. The predicted molar refractivity (Wildman–Crippen MR) is 96.0 cm³/mol. The lowest BCUT2D eigenvalue weighted by Gasteiger charge is -2.25. The quantitative estimate of drug-likeness (QED) is 0.201. The molecule has 1 aromatic heterocycles. The van der Waals surface area contributed by atoms with Crippen molar-refractivity contribution in [2.24, 2.45) is 5.29 Å². The van der Waals surface area contributed by atoms with Crippen LogP contribution in [0.15, 0.2) is 35.7 Å². The molecule has 1 unspecified atom stereocenters. The van der Waals surface area contributed by atoms with Gasteiger partial charge in [-0.3, -0.25) is 4.79 Å².